The molecule has 0 atom stereocenters. The molecule has 2 N–H and O–H groups in total. The Morgan fingerprint density at radius 1 is 1.39 bits per heavy atom. The van der Waals surface area contributed by atoms with Gasteiger partial charge in [-0.1, -0.05) is 18.2 Å². The summed E-state index contributed by atoms with van der Waals surface area (Å²) >= 11 is 0. The Balaban J connectivity index is 1.72. The van der Waals surface area contributed by atoms with E-state index < -0.39 is 0 Å². The van der Waals surface area contributed by atoms with Crippen LogP contribution in [0.1, 0.15) is 23.4 Å². The largest absolute Gasteiger partial charge is 0.451 e. The van der Waals surface area contributed by atoms with E-state index in [2.05, 4.69) is 5.32 Å². The van der Waals surface area contributed by atoms with E-state index >= 15 is 0 Å². The van der Waals surface area contributed by atoms with Crippen LogP contribution in [0.2, 0.25) is 0 Å². The van der Waals surface area contributed by atoms with Gasteiger partial charge in [0, 0.05) is 17.3 Å². The Hall–Kier alpha value is -1.81. The lowest BCUT2D eigenvalue weighted by atomic mass is 10.1. The Morgan fingerprint density at radius 3 is 2.83 bits per heavy atom. The molecule has 2 aromatic rings. The second kappa shape index (κ2) is 4.14. The highest BCUT2D eigenvalue weighted by Gasteiger charge is 2.42. The summed E-state index contributed by atoms with van der Waals surface area (Å²) in [6.45, 7) is 0.646. The first-order chi connectivity index (χ1) is 8.72. The van der Waals surface area contributed by atoms with Crippen LogP contribution in [0.3, 0.4) is 0 Å². The number of fused-ring (bicyclic) bond motifs is 1. The van der Waals surface area contributed by atoms with Crippen LogP contribution in [-0.4, -0.2) is 24.2 Å². The smallest absolute Gasteiger partial charge is 0.287 e. The second-order valence-corrected chi connectivity index (χ2v) is 4.99. The maximum absolute atomic E-state index is 11.9. The molecule has 0 aliphatic heterocycles. The molecular weight excluding hydrogens is 230 g/mol. The Kier molecular flexibility index (Phi) is 2.59. The number of aliphatic hydroxyl groups is 1. The maximum Gasteiger partial charge on any atom is 0.287 e. The van der Waals surface area contributed by atoms with Crippen molar-refractivity contribution >= 4 is 16.9 Å². The van der Waals surface area contributed by atoms with E-state index in [1.165, 1.54) is 0 Å². The van der Waals surface area contributed by atoms with Gasteiger partial charge in [0.15, 0.2) is 5.76 Å². The Labute approximate surface area is 105 Å². The monoisotopic (exact) mass is 245 g/mol. The van der Waals surface area contributed by atoms with Crippen LogP contribution in [-0.2, 0) is 0 Å². The standard InChI is InChI=1S/C14H15NO3/c16-9-14(5-6-14)8-15-13(17)12-7-10-3-1-2-4-11(10)18-12/h1-4,7,16H,5-6,8-9H2,(H,15,17). The van der Waals surface area contributed by atoms with E-state index in [-0.39, 0.29) is 17.9 Å². The van der Waals surface area contributed by atoms with Crippen LogP contribution in [0.15, 0.2) is 34.7 Å². The molecule has 18 heavy (non-hydrogen) atoms. The van der Waals surface area contributed by atoms with E-state index in [0.717, 1.165) is 18.2 Å². The number of carbonyl (C=O) groups excluding carboxylic acids is 1. The van der Waals surface area contributed by atoms with Crippen LogP contribution in [0.4, 0.5) is 0 Å². The molecule has 0 unspecified atom stereocenters. The second-order valence-electron chi connectivity index (χ2n) is 4.99. The fourth-order valence-corrected chi connectivity index (χ4v) is 2.02. The van der Waals surface area contributed by atoms with Gasteiger partial charge in [-0.3, -0.25) is 4.79 Å². The third-order valence-electron chi connectivity index (χ3n) is 3.57. The zero-order chi connectivity index (χ0) is 12.6. The molecule has 1 amide bonds. The lowest BCUT2D eigenvalue weighted by Gasteiger charge is -2.11. The molecule has 1 aromatic carbocycles. The van der Waals surface area contributed by atoms with Gasteiger partial charge in [-0.2, -0.15) is 0 Å². The highest BCUT2D eigenvalue weighted by molar-refractivity contribution is 5.96. The number of amides is 1. The average molecular weight is 245 g/mol. The molecule has 1 aliphatic rings. The van der Waals surface area contributed by atoms with E-state index in [1.807, 2.05) is 24.3 Å². The minimum atomic E-state index is -0.217. The molecule has 4 nitrogen and oxygen atoms in total. The summed E-state index contributed by atoms with van der Waals surface area (Å²) < 4.78 is 5.47. The predicted molar refractivity (Wildman–Crippen MR) is 67.3 cm³/mol. The number of furan rings is 1. The van der Waals surface area contributed by atoms with Gasteiger partial charge in [0.25, 0.3) is 5.91 Å². The molecule has 0 radical (unpaired) electrons. The number of para-hydroxylation sites is 1. The zero-order valence-corrected chi connectivity index (χ0v) is 9.98. The number of rotatable bonds is 4. The Morgan fingerprint density at radius 2 is 2.17 bits per heavy atom. The van der Waals surface area contributed by atoms with Crippen molar-refractivity contribution in [3.05, 3.63) is 36.1 Å². The van der Waals surface area contributed by atoms with E-state index in [0.29, 0.717) is 17.9 Å². The minimum Gasteiger partial charge on any atom is -0.451 e. The van der Waals surface area contributed by atoms with Crippen LogP contribution >= 0.6 is 0 Å². The first-order valence-electron chi connectivity index (χ1n) is 6.10. The van der Waals surface area contributed by atoms with Crippen molar-refractivity contribution in [1.29, 1.82) is 0 Å². The number of nitrogens with one attached hydrogen (secondary N) is 1. The van der Waals surface area contributed by atoms with Gasteiger partial charge in [0.05, 0.1) is 6.61 Å². The highest BCUT2D eigenvalue weighted by Crippen LogP contribution is 2.44. The van der Waals surface area contributed by atoms with Crippen LogP contribution in [0.25, 0.3) is 11.0 Å². The number of hydrogen-bond acceptors (Lipinski definition) is 3. The molecular formula is C14H15NO3. The number of hydrogen-bond donors (Lipinski definition) is 2. The molecule has 1 saturated carbocycles. The quantitative estimate of drug-likeness (QED) is 0.865. The van der Waals surface area contributed by atoms with Crippen molar-refractivity contribution in [1.82, 2.24) is 5.32 Å². The lowest BCUT2D eigenvalue weighted by Crippen LogP contribution is -2.31. The molecule has 1 aromatic heterocycles. The van der Waals surface area contributed by atoms with Crippen LogP contribution < -0.4 is 5.32 Å². The normalized spacial score (nSPS) is 16.7. The fraction of sp³-hybridized carbons (Fsp3) is 0.357. The fourth-order valence-electron chi connectivity index (χ4n) is 2.02. The summed E-state index contributed by atoms with van der Waals surface area (Å²) in [5.74, 6) is 0.107. The molecule has 1 heterocycles. The number of carbonyl (C=O) groups is 1. The van der Waals surface area contributed by atoms with Crippen molar-refractivity contribution in [2.75, 3.05) is 13.2 Å². The summed E-state index contributed by atoms with van der Waals surface area (Å²) in [6, 6.07) is 9.26. The van der Waals surface area contributed by atoms with Crippen molar-refractivity contribution in [3.63, 3.8) is 0 Å². The summed E-state index contributed by atoms with van der Waals surface area (Å²) in [5, 5.41) is 12.9. The van der Waals surface area contributed by atoms with Gasteiger partial charge < -0.3 is 14.8 Å². The third-order valence-corrected chi connectivity index (χ3v) is 3.57. The molecule has 0 spiro atoms. The van der Waals surface area contributed by atoms with Crippen LogP contribution in [0.5, 0.6) is 0 Å². The summed E-state index contributed by atoms with van der Waals surface area (Å²) in [6.07, 6.45) is 1.95. The maximum atomic E-state index is 11.9. The van der Waals surface area contributed by atoms with Gasteiger partial charge in [0.1, 0.15) is 5.58 Å². The van der Waals surface area contributed by atoms with Crippen molar-refractivity contribution in [2.45, 2.75) is 12.8 Å². The van der Waals surface area contributed by atoms with Crippen LogP contribution in [0, 0.1) is 5.41 Å². The molecule has 3 rings (SSSR count). The summed E-state index contributed by atoms with van der Waals surface area (Å²) in [4.78, 5) is 11.9. The average Bonchev–Trinajstić information content (AvgIpc) is 3.05. The lowest BCUT2D eigenvalue weighted by molar-refractivity contribution is 0.0909. The number of aliphatic hydroxyl groups excluding tert-OH is 1. The first kappa shape index (κ1) is 11.3. The minimum absolute atomic E-state index is 0.0817. The predicted octanol–water partition coefficient (Wildman–Crippen LogP) is 1.94. The molecule has 0 saturated heterocycles. The van der Waals surface area contributed by atoms with Gasteiger partial charge in [-0.25, -0.2) is 0 Å². The van der Waals surface area contributed by atoms with E-state index in [1.54, 1.807) is 6.07 Å². The van der Waals surface area contributed by atoms with Crippen molar-refractivity contribution in [3.8, 4) is 0 Å². The van der Waals surface area contributed by atoms with E-state index in [9.17, 15) is 9.90 Å². The first-order valence-corrected chi connectivity index (χ1v) is 6.10. The highest BCUT2D eigenvalue weighted by atomic mass is 16.3. The van der Waals surface area contributed by atoms with Crippen molar-refractivity contribution in [2.24, 2.45) is 5.41 Å². The topological polar surface area (TPSA) is 62.5 Å². The molecule has 0 bridgehead atoms. The van der Waals surface area contributed by atoms with E-state index in [4.69, 9.17) is 4.42 Å². The number of benzene rings is 1. The van der Waals surface area contributed by atoms with Crippen molar-refractivity contribution < 1.29 is 14.3 Å². The van der Waals surface area contributed by atoms with Gasteiger partial charge in [-0.15, -0.1) is 0 Å². The summed E-state index contributed by atoms with van der Waals surface area (Å²) in [5.41, 5.74) is 0.632. The Bertz CT molecular complexity index is 550. The molecule has 94 valence electrons. The summed E-state index contributed by atoms with van der Waals surface area (Å²) in [7, 11) is 0. The SMILES string of the molecule is O=C(NCC1(CO)CC1)c1cc2ccccc2o1. The zero-order valence-electron chi connectivity index (χ0n) is 9.98. The molecule has 1 aliphatic carbocycles. The van der Waals surface area contributed by atoms with Gasteiger partial charge in [-0.05, 0) is 25.0 Å². The van der Waals surface area contributed by atoms with Gasteiger partial charge >= 0.3 is 0 Å². The molecule has 1 fully saturated rings. The molecule has 4 heteroatoms. The third kappa shape index (κ3) is 1.99. The van der Waals surface area contributed by atoms with Gasteiger partial charge in [0.2, 0.25) is 0 Å².